The van der Waals surface area contributed by atoms with Crippen LogP contribution in [0.5, 0.6) is 0 Å². The van der Waals surface area contributed by atoms with Gasteiger partial charge in [-0.05, 0) is 37.8 Å². The van der Waals surface area contributed by atoms with Crippen molar-refractivity contribution >= 4 is 46.4 Å². The summed E-state index contributed by atoms with van der Waals surface area (Å²) in [4.78, 5) is 4.97. The molecule has 0 bridgehead atoms. The molecule has 138 valence electrons. The van der Waals surface area contributed by atoms with Gasteiger partial charge in [0.15, 0.2) is 5.96 Å². The maximum atomic E-state index is 6.35. The van der Waals surface area contributed by atoms with Gasteiger partial charge in [-0.1, -0.05) is 73.3 Å². The molecular weight excluding hydrogens is 377 g/mol. The lowest BCUT2D eigenvalue weighted by molar-refractivity contribution is 0.408. The SMILES string of the molecule is Clc1cc(Cl)c(NC(=NC2CCCCC2)NC2CCCCC2)c(Cl)c1. The van der Waals surface area contributed by atoms with E-state index in [0.29, 0.717) is 32.8 Å². The van der Waals surface area contributed by atoms with E-state index in [4.69, 9.17) is 39.8 Å². The van der Waals surface area contributed by atoms with Crippen molar-refractivity contribution in [2.24, 2.45) is 4.99 Å². The predicted octanol–water partition coefficient (Wildman–Crippen LogP) is 6.67. The van der Waals surface area contributed by atoms with Crippen molar-refractivity contribution in [3.63, 3.8) is 0 Å². The van der Waals surface area contributed by atoms with Crippen molar-refractivity contribution in [1.82, 2.24) is 5.32 Å². The van der Waals surface area contributed by atoms with Crippen molar-refractivity contribution in [2.45, 2.75) is 76.3 Å². The van der Waals surface area contributed by atoms with Crippen molar-refractivity contribution in [2.75, 3.05) is 5.32 Å². The maximum Gasteiger partial charge on any atom is 0.196 e. The molecule has 3 nitrogen and oxygen atoms in total. The highest BCUT2D eigenvalue weighted by molar-refractivity contribution is 6.42. The molecule has 25 heavy (non-hydrogen) atoms. The fourth-order valence-corrected chi connectivity index (χ4v) is 4.63. The smallest absolute Gasteiger partial charge is 0.196 e. The average molecular weight is 403 g/mol. The third kappa shape index (κ3) is 5.67. The number of nitrogens with one attached hydrogen (secondary N) is 2. The van der Waals surface area contributed by atoms with Crippen molar-refractivity contribution in [3.05, 3.63) is 27.2 Å². The molecule has 0 unspecified atom stereocenters. The Labute approximate surface area is 165 Å². The molecule has 0 aromatic heterocycles. The van der Waals surface area contributed by atoms with E-state index in [0.717, 1.165) is 18.8 Å². The maximum absolute atomic E-state index is 6.35. The molecule has 0 atom stereocenters. The van der Waals surface area contributed by atoms with Crippen LogP contribution in [-0.2, 0) is 0 Å². The van der Waals surface area contributed by atoms with Crippen molar-refractivity contribution in [1.29, 1.82) is 0 Å². The largest absolute Gasteiger partial charge is 0.353 e. The number of benzene rings is 1. The first-order valence-electron chi connectivity index (χ1n) is 9.38. The zero-order valence-corrected chi connectivity index (χ0v) is 16.7. The Morgan fingerprint density at radius 3 is 2.00 bits per heavy atom. The molecule has 2 aliphatic rings. The van der Waals surface area contributed by atoms with E-state index in [9.17, 15) is 0 Å². The molecule has 3 rings (SSSR count). The van der Waals surface area contributed by atoms with Gasteiger partial charge in [-0.2, -0.15) is 0 Å². The van der Waals surface area contributed by atoms with E-state index in [1.54, 1.807) is 12.1 Å². The monoisotopic (exact) mass is 401 g/mol. The summed E-state index contributed by atoms with van der Waals surface area (Å²) in [7, 11) is 0. The molecule has 2 saturated carbocycles. The van der Waals surface area contributed by atoms with Gasteiger partial charge < -0.3 is 10.6 Å². The first kappa shape index (κ1) is 19.1. The highest BCUT2D eigenvalue weighted by Gasteiger charge is 2.19. The summed E-state index contributed by atoms with van der Waals surface area (Å²) in [6.45, 7) is 0. The first-order chi connectivity index (χ1) is 12.1. The summed E-state index contributed by atoms with van der Waals surface area (Å²) in [5, 5.41) is 8.52. The third-order valence-electron chi connectivity index (χ3n) is 5.08. The number of aliphatic imine (C=N–C) groups is 1. The summed E-state index contributed by atoms with van der Waals surface area (Å²) >= 11 is 18.7. The zero-order chi connectivity index (χ0) is 17.6. The molecule has 0 radical (unpaired) electrons. The van der Waals surface area contributed by atoms with Crippen LogP contribution in [-0.4, -0.2) is 18.0 Å². The van der Waals surface area contributed by atoms with E-state index in [1.807, 2.05) is 0 Å². The molecular formula is C19H26Cl3N3. The van der Waals surface area contributed by atoms with E-state index in [-0.39, 0.29) is 0 Å². The summed E-state index contributed by atoms with van der Waals surface area (Å²) in [6.07, 6.45) is 12.4. The lowest BCUT2D eigenvalue weighted by Crippen LogP contribution is -2.41. The predicted molar refractivity (Wildman–Crippen MR) is 109 cm³/mol. The second-order valence-corrected chi connectivity index (χ2v) is 8.37. The lowest BCUT2D eigenvalue weighted by Gasteiger charge is -2.27. The second-order valence-electron chi connectivity index (χ2n) is 7.12. The van der Waals surface area contributed by atoms with Gasteiger partial charge in [-0.25, -0.2) is 4.99 Å². The number of anilines is 1. The minimum Gasteiger partial charge on any atom is -0.353 e. The summed E-state index contributed by atoms with van der Waals surface area (Å²) < 4.78 is 0. The molecule has 0 aliphatic heterocycles. The number of rotatable bonds is 3. The topological polar surface area (TPSA) is 36.4 Å². The lowest BCUT2D eigenvalue weighted by atomic mass is 9.95. The fraction of sp³-hybridized carbons (Fsp3) is 0.632. The molecule has 1 aromatic carbocycles. The second kappa shape index (κ2) is 9.34. The minimum atomic E-state index is 0.372. The molecule has 0 spiro atoms. The van der Waals surface area contributed by atoms with Gasteiger partial charge >= 0.3 is 0 Å². The van der Waals surface area contributed by atoms with Crippen LogP contribution >= 0.6 is 34.8 Å². The Morgan fingerprint density at radius 2 is 1.40 bits per heavy atom. The van der Waals surface area contributed by atoms with Gasteiger partial charge in [0, 0.05) is 11.1 Å². The van der Waals surface area contributed by atoms with E-state index < -0.39 is 0 Å². The number of guanidine groups is 1. The Morgan fingerprint density at radius 1 is 0.840 bits per heavy atom. The molecule has 0 amide bonds. The molecule has 0 heterocycles. The van der Waals surface area contributed by atoms with E-state index >= 15 is 0 Å². The van der Waals surface area contributed by atoms with Crippen LogP contribution in [0.25, 0.3) is 0 Å². The molecule has 6 heteroatoms. The van der Waals surface area contributed by atoms with Gasteiger partial charge in [0.1, 0.15) is 0 Å². The number of hydrogen-bond donors (Lipinski definition) is 2. The quantitative estimate of drug-likeness (QED) is 0.437. The molecule has 2 N–H and O–H groups in total. The summed E-state index contributed by atoms with van der Waals surface area (Å²) in [5.41, 5.74) is 0.672. The first-order valence-corrected chi connectivity index (χ1v) is 10.5. The van der Waals surface area contributed by atoms with Crippen LogP contribution in [0.4, 0.5) is 5.69 Å². The van der Waals surface area contributed by atoms with Gasteiger partial charge in [0.05, 0.1) is 21.8 Å². The molecule has 2 fully saturated rings. The summed E-state index contributed by atoms with van der Waals surface area (Å²) in [6, 6.07) is 4.25. The average Bonchev–Trinajstić information content (AvgIpc) is 2.60. The summed E-state index contributed by atoms with van der Waals surface area (Å²) in [5.74, 6) is 0.796. The van der Waals surface area contributed by atoms with E-state index in [2.05, 4.69) is 10.6 Å². The third-order valence-corrected chi connectivity index (χ3v) is 5.90. The van der Waals surface area contributed by atoms with Crippen LogP contribution in [0.3, 0.4) is 0 Å². The number of nitrogens with zero attached hydrogens (tertiary/aromatic N) is 1. The van der Waals surface area contributed by atoms with Crippen molar-refractivity contribution < 1.29 is 0 Å². The Balaban J connectivity index is 1.78. The van der Waals surface area contributed by atoms with Crippen LogP contribution < -0.4 is 10.6 Å². The van der Waals surface area contributed by atoms with Crippen LogP contribution in [0.2, 0.25) is 15.1 Å². The molecule has 1 aromatic rings. The van der Waals surface area contributed by atoms with Crippen LogP contribution in [0.15, 0.2) is 17.1 Å². The zero-order valence-electron chi connectivity index (χ0n) is 14.5. The fourth-order valence-electron chi connectivity index (χ4n) is 3.72. The van der Waals surface area contributed by atoms with E-state index in [1.165, 1.54) is 51.4 Å². The number of halogens is 3. The standard InChI is InChI=1S/C19H26Cl3N3/c20-13-11-16(21)18(17(22)12-13)25-19(23-14-7-3-1-4-8-14)24-15-9-5-2-6-10-15/h11-12,14-15H,1-10H2,(H2,23,24,25). The van der Waals surface area contributed by atoms with Gasteiger partial charge in [0.25, 0.3) is 0 Å². The van der Waals surface area contributed by atoms with Gasteiger partial charge in [-0.3, -0.25) is 0 Å². The number of hydrogen-bond acceptors (Lipinski definition) is 1. The Hall–Kier alpha value is -0.640. The van der Waals surface area contributed by atoms with Crippen LogP contribution in [0.1, 0.15) is 64.2 Å². The molecule has 0 saturated heterocycles. The normalized spacial score (nSPS) is 20.5. The molecule has 2 aliphatic carbocycles. The Bertz CT molecular complexity index is 583. The minimum absolute atomic E-state index is 0.372. The van der Waals surface area contributed by atoms with Crippen molar-refractivity contribution in [3.8, 4) is 0 Å². The Kier molecular flexibility index (Phi) is 7.15. The highest BCUT2D eigenvalue weighted by atomic mass is 35.5. The highest BCUT2D eigenvalue weighted by Crippen LogP contribution is 2.34. The van der Waals surface area contributed by atoms with Crippen LogP contribution in [0, 0.1) is 0 Å². The van der Waals surface area contributed by atoms with Gasteiger partial charge in [0.2, 0.25) is 0 Å². The van der Waals surface area contributed by atoms with Gasteiger partial charge in [-0.15, -0.1) is 0 Å².